The maximum Gasteiger partial charge on any atom is 0.424 e. The molecule has 1 aromatic heterocycles. The van der Waals surface area contributed by atoms with Crippen molar-refractivity contribution in [1.29, 1.82) is 0 Å². The molecule has 1 aliphatic heterocycles. The van der Waals surface area contributed by atoms with Crippen molar-refractivity contribution in [3.8, 4) is 0 Å². The van der Waals surface area contributed by atoms with Crippen LogP contribution in [-0.2, 0) is 4.74 Å². The minimum atomic E-state index is -0.950. The summed E-state index contributed by atoms with van der Waals surface area (Å²) in [5, 5.41) is 0. The summed E-state index contributed by atoms with van der Waals surface area (Å²) in [7, 11) is 0. The van der Waals surface area contributed by atoms with E-state index in [1.807, 2.05) is 0 Å². The maximum absolute atomic E-state index is 11.7. The van der Waals surface area contributed by atoms with Gasteiger partial charge in [-0.25, -0.2) is 4.79 Å². The summed E-state index contributed by atoms with van der Waals surface area (Å²) in [6, 6.07) is 1.40. The Morgan fingerprint density at radius 3 is 2.69 bits per heavy atom. The van der Waals surface area contributed by atoms with Crippen molar-refractivity contribution in [1.82, 2.24) is 9.88 Å². The van der Waals surface area contributed by atoms with E-state index in [0.717, 1.165) is 0 Å². The van der Waals surface area contributed by atoms with Crippen LogP contribution in [0.5, 0.6) is 0 Å². The Labute approximate surface area is 90.8 Å². The first-order valence-corrected chi connectivity index (χ1v) is 4.66. The van der Waals surface area contributed by atoms with E-state index in [1.54, 1.807) is 6.92 Å². The Morgan fingerprint density at radius 2 is 2.06 bits per heavy atom. The zero-order valence-electron chi connectivity index (χ0n) is 8.47. The fourth-order valence-electron chi connectivity index (χ4n) is 1.44. The Balaban J connectivity index is 2.39. The van der Waals surface area contributed by atoms with Crippen LogP contribution >= 0.6 is 0 Å². The molecule has 6 heteroatoms. The molecule has 0 saturated carbocycles. The highest BCUT2D eigenvalue weighted by Gasteiger charge is 2.40. The summed E-state index contributed by atoms with van der Waals surface area (Å²) in [5.41, 5.74) is 0.300. The van der Waals surface area contributed by atoms with Gasteiger partial charge in [-0.05, 0) is 13.0 Å². The molecular weight excluding hydrogens is 212 g/mol. The summed E-state index contributed by atoms with van der Waals surface area (Å²) in [5.74, 6) is -1.35. The van der Waals surface area contributed by atoms with E-state index in [9.17, 15) is 14.4 Å². The second kappa shape index (κ2) is 3.73. The summed E-state index contributed by atoms with van der Waals surface area (Å²) in [6.07, 6.45) is 1.70. The number of pyridine rings is 1. The average molecular weight is 220 g/mol. The third-order valence-corrected chi connectivity index (χ3v) is 2.14. The van der Waals surface area contributed by atoms with Gasteiger partial charge in [0.1, 0.15) is 0 Å². The smallest absolute Gasteiger partial charge is 0.424 e. The number of aromatic nitrogens is 1. The highest BCUT2D eigenvalue weighted by molar-refractivity contribution is 6.27. The van der Waals surface area contributed by atoms with E-state index in [0.29, 0.717) is 4.90 Å². The summed E-state index contributed by atoms with van der Waals surface area (Å²) in [6.45, 7) is 1.70. The van der Waals surface area contributed by atoms with E-state index in [2.05, 4.69) is 9.72 Å². The Morgan fingerprint density at radius 1 is 1.38 bits per heavy atom. The number of rotatable bonds is 1. The fraction of sp³-hybridized carbons (Fsp3) is 0.200. The Bertz CT molecular complexity index is 448. The second-order valence-electron chi connectivity index (χ2n) is 3.07. The van der Waals surface area contributed by atoms with E-state index in [4.69, 9.17) is 0 Å². The lowest BCUT2D eigenvalue weighted by Gasteiger charge is -2.10. The zero-order chi connectivity index (χ0) is 11.7. The van der Waals surface area contributed by atoms with Crippen LogP contribution in [0.4, 0.5) is 4.79 Å². The number of carbonyl (C=O) groups is 3. The Kier molecular flexibility index (Phi) is 2.40. The molecule has 0 aromatic carbocycles. The van der Waals surface area contributed by atoms with Crippen LogP contribution in [-0.4, -0.2) is 34.4 Å². The van der Waals surface area contributed by atoms with Crippen molar-refractivity contribution in [2.75, 3.05) is 6.61 Å². The first kappa shape index (κ1) is 10.3. The molecule has 0 atom stereocenters. The van der Waals surface area contributed by atoms with Gasteiger partial charge >= 0.3 is 6.09 Å². The molecule has 0 bridgehead atoms. The van der Waals surface area contributed by atoms with Gasteiger partial charge in [-0.3, -0.25) is 14.6 Å². The molecular formula is C10H8N2O4. The monoisotopic (exact) mass is 220 g/mol. The second-order valence-corrected chi connectivity index (χ2v) is 3.07. The van der Waals surface area contributed by atoms with Crippen molar-refractivity contribution in [2.45, 2.75) is 6.92 Å². The van der Waals surface area contributed by atoms with Crippen LogP contribution in [0, 0.1) is 0 Å². The SMILES string of the molecule is CCOC(=O)N1C(=O)c2ccncc2C1=O. The van der Waals surface area contributed by atoms with Gasteiger partial charge in [0.25, 0.3) is 11.8 Å². The van der Waals surface area contributed by atoms with Crippen molar-refractivity contribution in [2.24, 2.45) is 0 Å². The minimum Gasteiger partial charge on any atom is -0.449 e. The number of hydrogen-bond acceptors (Lipinski definition) is 5. The lowest BCUT2D eigenvalue weighted by Crippen LogP contribution is -2.36. The molecule has 0 spiro atoms. The molecule has 2 heterocycles. The fourth-order valence-corrected chi connectivity index (χ4v) is 1.44. The minimum absolute atomic E-state index is 0.102. The summed E-state index contributed by atoms with van der Waals surface area (Å²) >= 11 is 0. The molecule has 0 fully saturated rings. The molecule has 16 heavy (non-hydrogen) atoms. The molecule has 1 aromatic rings. The van der Waals surface area contributed by atoms with Crippen LogP contribution in [0.25, 0.3) is 0 Å². The highest BCUT2D eigenvalue weighted by Crippen LogP contribution is 2.21. The summed E-state index contributed by atoms with van der Waals surface area (Å²) in [4.78, 5) is 39.0. The van der Waals surface area contributed by atoms with Gasteiger partial charge in [0.2, 0.25) is 0 Å². The molecule has 0 unspecified atom stereocenters. The lowest BCUT2D eigenvalue weighted by atomic mass is 10.2. The number of carbonyl (C=O) groups excluding carboxylic acids is 3. The number of imide groups is 3. The number of hydrogen-bond donors (Lipinski definition) is 0. The first-order chi connectivity index (χ1) is 7.66. The third kappa shape index (κ3) is 1.35. The van der Waals surface area contributed by atoms with Gasteiger partial charge in [-0.15, -0.1) is 0 Å². The predicted molar refractivity (Wildman–Crippen MR) is 51.8 cm³/mol. The molecule has 0 N–H and O–H groups in total. The zero-order valence-corrected chi connectivity index (χ0v) is 8.47. The topological polar surface area (TPSA) is 76.6 Å². The standard InChI is InChI=1S/C10H8N2O4/c1-2-16-10(15)12-8(13)6-3-4-11-5-7(6)9(12)14/h3-5H,2H2,1H3. The molecule has 2 rings (SSSR count). The van der Waals surface area contributed by atoms with Crippen molar-refractivity contribution < 1.29 is 19.1 Å². The first-order valence-electron chi connectivity index (χ1n) is 4.66. The van der Waals surface area contributed by atoms with Crippen LogP contribution < -0.4 is 0 Å². The molecule has 1 aliphatic rings. The van der Waals surface area contributed by atoms with Crippen LogP contribution in [0.1, 0.15) is 27.6 Å². The van der Waals surface area contributed by atoms with Crippen molar-refractivity contribution >= 4 is 17.9 Å². The van der Waals surface area contributed by atoms with E-state index in [-0.39, 0.29) is 17.7 Å². The predicted octanol–water partition coefficient (Wildman–Crippen LogP) is 0.834. The molecule has 0 aliphatic carbocycles. The van der Waals surface area contributed by atoms with E-state index >= 15 is 0 Å². The van der Waals surface area contributed by atoms with E-state index in [1.165, 1.54) is 18.5 Å². The van der Waals surface area contributed by atoms with Crippen LogP contribution in [0.15, 0.2) is 18.5 Å². The molecule has 0 saturated heterocycles. The average Bonchev–Trinajstić information content (AvgIpc) is 2.53. The highest BCUT2D eigenvalue weighted by atomic mass is 16.6. The van der Waals surface area contributed by atoms with Gasteiger partial charge in [0.15, 0.2) is 0 Å². The van der Waals surface area contributed by atoms with Crippen LogP contribution in [0.3, 0.4) is 0 Å². The van der Waals surface area contributed by atoms with Crippen LogP contribution in [0.2, 0.25) is 0 Å². The number of nitrogens with zero attached hydrogens (tertiary/aromatic N) is 2. The van der Waals surface area contributed by atoms with Gasteiger partial charge in [0.05, 0.1) is 17.7 Å². The molecule has 6 nitrogen and oxygen atoms in total. The van der Waals surface area contributed by atoms with Gasteiger partial charge in [0, 0.05) is 12.4 Å². The number of fused-ring (bicyclic) bond motifs is 1. The lowest BCUT2D eigenvalue weighted by molar-refractivity contribution is 0.0596. The molecule has 0 radical (unpaired) electrons. The van der Waals surface area contributed by atoms with E-state index < -0.39 is 17.9 Å². The van der Waals surface area contributed by atoms with Gasteiger partial charge in [-0.2, -0.15) is 4.90 Å². The van der Waals surface area contributed by atoms with Crippen molar-refractivity contribution in [3.63, 3.8) is 0 Å². The normalized spacial score (nSPS) is 13.9. The van der Waals surface area contributed by atoms with Crippen molar-refractivity contribution in [3.05, 3.63) is 29.6 Å². The largest absolute Gasteiger partial charge is 0.449 e. The number of amides is 3. The third-order valence-electron chi connectivity index (χ3n) is 2.14. The molecule has 3 amide bonds. The van der Waals surface area contributed by atoms with Gasteiger partial charge in [-0.1, -0.05) is 0 Å². The molecule has 82 valence electrons. The Hall–Kier alpha value is -2.24. The maximum atomic E-state index is 11.7. The number of ether oxygens (including phenoxy) is 1. The summed E-state index contributed by atoms with van der Waals surface area (Å²) < 4.78 is 4.62. The quantitative estimate of drug-likeness (QED) is 0.655. The van der Waals surface area contributed by atoms with Gasteiger partial charge < -0.3 is 4.74 Å².